The first-order valence-electron chi connectivity index (χ1n) is 5.40. The van der Waals surface area contributed by atoms with Gasteiger partial charge in [0.05, 0.1) is 10.7 Å². The Hall–Kier alpha value is -0.410. The van der Waals surface area contributed by atoms with Crippen LogP contribution in [0.4, 0.5) is 0 Å². The Morgan fingerprint density at radius 1 is 1.50 bits per heavy atom. The molecule has 78 valence electrons. The first-order chi connectivity index (χ1) is 6.79. The molecule has 1 aliphatic rings. The summed E-state index contributed by atoms with van der Waals surface area (Å²) in [4.78, 5) is 4.52. The van der Waals surface area contributed by atoms with Gasteiger partial charge in [0.1, 0.15) is 0 Å². The molecule has 1 aromatic heterocycles. The molecule has 0 bridgehead atoms. The third-order valence-corrected chi connectivity index (χ3v) is 4.08. The van der Waals surface area contributed by atoms with Crippen molar-refractivity contribution in [2.24, 2.45) is 17.6 Å². The second-order valence-corrected chi connectivity index (χ2v) is 5.31. The average molecular weight is 210 g/mol. The van der Waals surface area contributed by atoms with E-state index in [0.717, 1.165) is 24.8 Å². The maximum atomic E-state index is 5.77. The van der Waals surface area contributed by atoms with Crippen molar-refractivity contribution in [3.63, 3.8) is 0 Å². The lowest BCUT2D eigenvalue weighted by Crippen LogP contribution is -2.20. The second kappa shape index (κ2) is 4.41. The zero-order valence-corrected chi connectivity index (χ0v) is 9.52. The van der Waals surface area contributed by atoms with Crippen LogP contribution in [-0.4, -0.2) is 11.5 Å². The van der Waals surface area contributed by atoms with Crippen LogP contribution < -0.4 is 5.73 Å². The summed E-state index contributed by atoms with van der Waals surface area (Å²) in [7, 11) is 0. The number of aryl methyl sites for hydroxylation is 1. The predicted octanol–water partition coefficient (Wildman–Crippen LogP) is 2.37. The van der Waals surface area contributed by atoms with Gasteiger partial charge in [-0.3, -0.25) is 0 Å². The lowest BCUT2D eigenvalue weighted by atomic mass is 9.92. The van der Waals surface area contributed by atoms with Crippen LogP contribution in [0.25, 0.3) is 0 Å². The highest BCUT2D eigenvalue weighted by atomic mass is 32.1. The third kappa shape index (κ3) is 2.15. The molecule has 1 fully saturated rings. The third-order valence-electron chi connectivity index (χ3n) is 3.26. The molecule has 2 atom stereocenters. The van der Waals surface area contributed by atoms with Gasteiger partial charge in [-0.1, -0.05) is 6.42 Å². The highest BCUT2D eigenvalue weighted by Gasteiger charge is 2.26. The molecule has 1 aromatic rings. The van der Waals surface area contributed by atoms with Gasteiger partial charge in [0, 0.05) is 5.38 Å². The maximum absolute atomic E-state index is 5.77. The first kappa shape index (κ1) is 10.1. The number of hydrogen-bond donors (Lipinski definition) is 1. The fraction of sp³-hybridized carbons (Fsp3) is 0.727. The van der Waals surface area contributed by atoms with Crippen molar-refractivity contribution in [2.45, 2.75) is 32.6 Å². The topological polar surface area (TPSA) is 38.9 Å². The number of nitrogens with two attached hydrogens (primary N) is 1. The Morgan fingerprint density at radius 2 is 2.29 bits per heavy atom. The molecule has 1 heterocycles. The molecule has 0 saturated heterocycles. The predicted molar refractivity (Wildman–Crippen MR) is 60.4 cm³/mol. The minimum atomic E-state index is 0.747. The average Bonchev–Trinajstić information content (AvgIpc) is 2.76. The molecule has 2 rings (SSSR count). The number of thiazole rings is 1. The van der Waals surface area contributed by atoms with Crippen molar-refractivity contribution in [3.8, 4) is 0 Å². The molecular weight excluding hydrogens is 192 g/mol. The van der Waals surface area contributed by atoms with E-state index in [2.05, 4.69) is 17.3 Å². The van der Waals surface area contributed by atoms with E-state index in [1.54, 1.807) is 11.3 Å². The molecule has 0 spiro atoms. The molecule has 0 aliphatic heterocycles. The van der Waals surface area contributed by atoms with Crippen LogP contribution in [0, 0.1) is 18.8 Å². The summed E-state index contributed by atoms with van der Waals surface area (Å²) >= 11 is 1.75. The van der Waals surface area contributed by atoms with Crippen LogP contribution in [0.1, 0.15) is 30.0 Å². The minimum absolute atomic E-state index is 0.747. The van der Waals surface area contributed by atoms with Gasteiger partial charge in [0.15, 0.2) is 0 Å². The zero-order valence-electron chi connectivity index (χ0n) is 8.70. The van der Waals surface area contributed by atoms with E-state index in [0.29, 0.717) is 0 Å². The van der Waals surface area contributed by atoms with Crippen molar-refractivity contribution in [1.82, 2.24) is 4.98 Å². The minimum Gasteiger partial charge on any atom is -0.330 e. The highest BCUT2D eigenvalue weighted by molar-refractivity contribution is 7.09. The molecule has 3 heteroatoms. The molecule has 2 N–H and O–H groups in total. The summed E-state index contributed by atoms with van der Waals surface area (Å²) in [6, 6.07) is 0. The fourth-order valence-corrected chi connectivity index (χ4v) is 3.09. The Labute approximate surface area is 89.5 Å². The van der Waals surface area contributed by atoms with Crippen molar-refractivity contribution in [3.05, 3.63) is 16.1 Å². The van der Waals surface area contributed by atoms with Crippen molar-refractivity contribution in [2.75, 3.05) is 6.54 Å². The van der Waals surface area contributed by atoms with E-state index in [9.17, 15) is 0 Å². The standard InChI is InChI=1S/C11H18N2S/c1-8-13-11(7-14-8)5-9-3-2-4-10(9)6-12/h7,9-10H,2-6,12H2,1H3. The summed E-state index contributed by atoms with van der Waals surface area (Å²) in [5, 5.41) is 3.38. The van der Waals surface area contributed by atoms with Crippen molar-refractivity contribution >= 4 is 11.3 Å². The molecule has 1 aliphatic carbocycles. The normalized spacial score (nSPS) is 27.0. The van der Waals surface area contributed by atoms with Crippen LogP contribution in [0.3, 0.4) is 0 Å². The number of aromatic nitrogens is 1. The van der Waals surface area contributed by atoms with Gasteiger partial charge >= 0.3 is 0 Å². The Morgan fingerprint density at radius 3 is 2.93 bits per heavy atom. The van der Waals surface area contributed by atoms with Crippen LogP contribution in [0.2, 0.25) is 0 Å². The van der Waals surface area contributed by atoms with Crippen LogP contribution >= 0.6 is 11.3 Å². The van der Waals surface area contributed by atoms with Crippen LogP contribution in [0.15, 0.2) is 5.38 Å². The van der Waals surface area contributed by atoms with Crippen LogP contribution in [-0.2, 0) is 6.42 Å². The lowest BCUT2D eigenvalue weighted by Gasteiger charge is -2.16. The largest absolute Gasteiger partial charge is 0.330 e. The molecule has 0 radical (unpaired) electrons. The maximum Gasteiger partial charge on any atom is 0.0897 e. The Kier molecular flexibility index (Phi) is 3.19. The van der Waals surface area contributed by atoms with Gasteiger partial charge < -0.3 is 5.73 Å². The van der Waals surface area contributed by atoms with Gasteiger partial charge in [-0.15, -0.1) is 11.3 Å². The molecule has 2 nitrogen and oxygen atoms in total. The van der Waals surface area contributed by atoms with E-state index >= 15 is 0 Å². The van der Waals surface area contributed by atoms with Gasteiger partial charge in [-0.2, -0.15) is 0 Å². The molecule has 14 heavy (non-hydrogen) atoms. The summed E-state index contributed by atoms with van der Waals surface area (Å²) < 4.78 is 0. The van der Waals surface area contributed by atoms with E-state index < -0.39 is 0 Å². The van der Waals surface area contributed by atoms with Crippen molar-refractivity contribution in [1.29, 1.82) is 0 Å². The summed E-state index contributed by atoms with van der Waals surface area (Å²) in [5.41, 5.74) is 7.04. The van der Waals surface area contributed by atoms with Gasteiger partial charge in [0.2, 0.25) is 0 Å². The zero-order chi connectivity index (χ0) is 9.97. The SMILES string of the molecule is Cc1nc(CC2CCCC2CN)cs1. The van der Waals surface area contributed by atoms with Gasteiger partial charge in [0.25, 0.3) is 0 Å². The molecule has 0 aromatic carbocycles. The first-order valence-corrected chi connectivity index (χ1v) is 6.28. The molecular formula is C11H18N2S. The van der Waals surface area contributed by atoms with Crippen LogP contribution in [0.5, 0.6) is 0 Å². The van der Waals surface area contributed by atoms with E-state index in [1.165, 1.54) is 30.0 Å². The highest BCUT2D eigenvalue weighted by Crippen LogP contribution is 2.33. The molecule has 1 saturated carbocycles. The van der Waals surface area contributed by atoms with Gasteiger partial charge in [-0.25, -0.2) is 4.98 Å². The number of rotatable bonds is 3. The lowest BCUT2D eigenvalue weighted by molar-refractivity contribution is 0.391. The monoisotopic (exact) mass is 210 g/mol. The quantitative estimate of drug-likeness (QED) is 0.832. The van der Waals surface area contributed by atoms with E-state index in [-0.39, 0.29) is 0 Å². The fourth-order valence-electron chi connectivity index (χ4n) is 2.46. The van der Waals surface area contributed by atoms with E-state index in [4.69, 9.17) is 5.73 Å². The smallest absolute Gasteiger partial charge is 0.0897 e. The summed E-state index contributed by atoms with van der Waals surface area (Å²) in [6.45, 7) is 2.93. The Balaban J connectivity index is 1.96. The van der Waals surface area contributed by atoms with E-state index in [1.807, 2.05) is 0 Å². The molecule has 2 unspecified atom stereocenters. The van der Waals surface area contributed by atoms with Gasteiger partial charge in [-0.05, 0) is 44.6 Å². The number of hydrogen-bond acceptors (Lipinski definition) is 3. The Bertz CT molecular complexity index is 295. The summed E-state index contributed by atoms with van der Waals surface area (Å²) in [5.74, 6) is 1.54. The van der Waals surface area contributed by atoms with Crippen molar-refractivity contribution < 1.29 is 0 Å². The molecule has 0 amide bonds. The second-order valence-electron chi connectivity index (χ2n) is 4.25. The number of nitrogens with zero attached hydrogens (tertiary/aromatic N) is 1. The summed E-state index contributed by atoms with van der Waals surface area (Å²) in [6.07, 6.45) is 5.17.